The lowest BCUT2D eigenvalue weighted by Crippen LogP contribution is -2.36. The SMILES string of the molecule is CCCCCN1C(=O)C(c2ccc(OCCC)cc2)=C(N(CC)c2ccccc2)C1=O. The van der Waals surface area contributed by atoms with Crippen LogP contribution in [0.1, 0.15) is 52.0 Å². The second-order valence-electron chi connectivity index (χ2n) is 7.65. The molecule has 0 aromatic heterocycles. The Bertz CT molecular complexity index is 919. The quantitative estimate of drug-likeness (QED) is 0.367. The van der Waals surface area contributed by atoms with E-state index in [4.69, 9.17) is 4.74 Å². The average molecular weight is 421 g/mol. The van der Waals surface area contributed by atoms with Crippen LogP contribution in [0.5, 0.6) is 5.75 Å². The molecule has 0 radical (unpaired) electrons. The molecule has 1 aliphatic heterocycles. The number of carbonyl (C=O) groups excluding carboxylic acids is 2. The van der Waals surface area contributed by atoms with Crippen LogP contribution >= 0.6 is 0 Å². The lowest BCUT2D eigenvalue weighted by Gasteiger charge is -2.25. The number of ether oxygens (including phenoxy) is 1. The van der Waals surface area contributed by atoms with Crippen LogP contribution in [0.15, 0.2) is 60.3 Å². The summed E-state index contributed by atoms with van der Waals surface area (Å²) in [7, 11) is 0. The van der Waals surface area contributed by atoms with E-state index in [1.807, 2.05) is 66.4 Å². The number of para-hydroxylation sites is 1. The van der Waals surface area contributed by atoms with Gasteiger partial charge < -0.3 is 9.64 Å². The first-order valence-corrected chi connectivity index (χ1v) is 11.3. The van der Waals surface area contributed by atoms with Crippen LogP contribution in [0.3, 0.4) is 0 Å². The Morgan fingerprint density at radius 3 is 2.16 bits per heavy atom. The maximum absolute atomic E-state index is 13.5. The van der Waals surface area contributed by atoms with Gasteiger partial charge in [-0.05, 0) is 49.6 Å². The number of imide groups is 1. The summed E-state index contributed by atoms with van der Waals surface area (Å²) in [4.78, 5) is 30.2. The van der Waals surface area contributed by atoms with Gasteiger partial charge >= 0.3 is 0 Å². The van der Waals surface area contributed by atoms with E-state index in [1.165, 1.54) is 4.90 Å². The summed E-state index contributed by atoms with van der Waals surface area (Å²) in [5, 5.41) is 0. The molecule has 0 saturated carbocycles. The second-order valence-corrected chi connectivity index (χ2v) is 7.65. The number of nitrogens with zero attached hydrogens (tertiary/aromatic N) is 2. The Morgan fingerprint density at radius 2 is 1.55 bits per heavy atom. The summed E-state index contributed by atoms with van der Waals surface area (Å²) < 4.78 is 5.68. The van der Waals surface area contributed by atoms with Crippen LogP contribution in [0.25, 0.3) is 5.57 Å². The Kier molecular flexibility index (Phi) is 7.88. The van der Waals surface area contributed by atoms with Gasteiger partial charge in [-0.15, -0.1) is 0 Å². The van der Waals surface area contributed by atoms with Gasteiger partial charge in [-0.2, -0.15) is 0 Å². The third-order valence-corrected chi connectivity index (χ3v) is 5.40. The summed E-state index contributed by atoms with van der Waals surface area (Å²) in [6.07, 6.45) is 3.77. The summed E-state index contributed by atoms with van der Waals surface area (Å²) >= 11 is 0. The molecule has 2 amide bonds. The minimum Gasteiger partial charge on any atom is -0.494 e. The third kappa shape index (κ3) is 4.98. The standard InChI is InChI=1S/C26H32N2O3/c1-4-7-11-18-28-25(29)23(20-14-16-22(17-15-20)31-19-5-2)24(26(28)30)27(6-3)21-12-9-8-10-13-21/h8-10,12-17H,4-7,11,18-19H2,1-3H3. The van der Waals surface area contributed by atoms with E-state index >= 15 is 0 Å². The third-order valence-electron chi connectivity index (χ3n) is 5.40. The van der Waals surface area contributed by atoms with E-state index in [1.54, 1.807) is 0 Å². The minimum atomic E-state index is -0.215. The van der Waals surface area contributed by atoms with Gasteiger partial charge in [0.2, 0.25) is 0 Å². The fourth-order valence-corrected chi connectivity index (χ4v) is 3.81. The smallest absolute Gasteiger partial charge is 0.278 e. The molecular weight excluding hydrogens is 388 g/mol. The molecule has 2 aromatic carbocycles. The number of anilines is 1. The van der Waals surface area contributed by atoms with Gasteiger partial charge in [-0.1, -0.05) is 57.0 Å². The molecule has 164 valence electrons. The zero-order valence-corrected chi connectivity index (χ0v) is 18.8. The molecule has 0 aliphatic carbocycles. The highest BCUT2D eigenvalue weighted by atomic mass is 16.5. The number of hydrogen-bond donors (Lipinski definition) is 0. The number of amides is 2. The number of hydrogen-bond acceptors (Lipinski definition) is 4. The summed E-state index contributed by atoms with van der Waals surface area (Å²) in [5.74, 6) is 0.334. The van der Waals surface area contributed by atoms with Gasteiger partial charge in [0.1, 0.15) is 11.4 Å². The van der Waals surface area contributed by atoms with Crippen LogP contribution in [0, 0.1) is 0 Å². The molecule has 31 heavy (non-hydrogen) atoms. The molecule has 3 rings (SSSR count). The Labute approximate surface area is 185 Å². The first kappa shape index (κ1) is 22.6. The van der Waals surface area contributed by atoms with Gasteiger partial charge in [0.05, 0.1) is 12.2 Å². The van der Waals surface area contributed by atoms with Crippen molar-refractivity contribution in [1.29, 1.82) is 0 Å². The molecule has 5 heteroatoms. The highest BCUT2D eigenvalue weighted by molar-refractivity contribution is 6.36. The van der Waals surface area contributed by atoms with E-state index in [2.05, 4.69) is 13.8 Å². The van der Waals surface area contributed by atoms with Gasteiger partial charge in [0.15, 0.2) is 0 Å². The fraction of sp³-hybridized carbons (Fsp3) is 0.385. The van der Waals surface area contributed by atoms with Gasteiger partial charge in [0.25, 0.3) is 11.8 Å². The second kappa shape index (κ2) is 10.8. The molecule has 0 bridgehead atoms. The molecular formula is C26H32N2O3. The van der Waals surface area contributed by atoms with Crippen molar-refractivity contribution < 1.29 is 14.3 Å². The van der Waals surface area contributed by atoms with Crippen molar-refractivity contribution in [1.82, 2.24) is 4.90 Å². The molecule has 0 fully saturated rings. The maximum Gasteiger partial charge on any atom is 0.278 e. The molecule has 2 aromatic rings. The number of likely N-dealkylation sites (N-methyl/N-ethyl adjacent to an activating group) is 1. The predicted octanol–water partition coefficient (Wildman–Crippen LogP) is 5.27. The molecule has 0 unspecified atom stereocenters. The molecule has 1 aliphatic rings. The van der Waals surface area contributed by atoms with Crippen molar-refractivity contribution in [2.45, 2.75) is 46.5 Å². The van der Waals surface area contributed by atoms with Gasteiger partial charge in [-0.3, -0.25) is 14.5 Å². The topological polar surface area (TPSA) is 49.9 Å². The van der Waals surface area contributed by atoms with Crippen molar-refractivity contribution >= 4 is 23.1 Å². The minimum absolute atomic E-state index is 0.215. The maximum atomic E-state index is 13.5. The average Bonchev–Trinajstić information content (AvgIpc) is 3.04. The Morgan fingerprint density at radius 1 is 0.839 bits per heavy atom. The van der Waals surface area contributed by atoms with Crippen molar-refractivity contribution in [2.75, 3.05) is 24.6 Å². The van der Waals surface area contributed by atoms with Crippen LogP contribution in [0.4, 0.5) is 5.69 Å². The van der Waals surface area contributed by atoms with Crippen molar-refractivity contribution in [3.8, 4) is 5.75 Å². The molecule has 0 spiro atoms. The Balaban J connectivity index is 2.03. The number of benzene rings is 2. The highest BCUT2D eigenvalue weighted by Gasteiger charge is 2.41. The van der Waals surface area contributed by atoms with Crippen molar-refractivity contribution in [3.05, 3.63) is 65.9 Å². The van der Waals surface area contributed by atoms with Crippen LogP contribution in [-0.4, -0.2) is 36.4 Å². The summed E-state index contributed by atoms with van der Waals surface area (Å²) in [6, 6.07) is 17.2. The van der Waals surface area contributed by atoms with Crippen LogP contribution in [-0.2, 0) is 9.59 Å². The first-order valence-electron chi connectivity index (χ1n) is 11.3. The van der Waals surface area contributed by atoms with Crippen molar-refractivity contribution in [3.63, 3.8) is 0 Å². The van der Waals surface area contributed by atoms with E-state index in [9.17, 15) is 9.59 Å². The number of carbonyl (C=O) groups is 2. The first-order chi connectivity index (χ1) is 15.1. The lowest BCUT2D eigenvalue weighted by atomic mass is 10.0. The molecule has 0 saturated heterocycles. The largest absolute Gasteiger partial charge is 0.494 e. The predicted molar refractivity (Wildman–Crippen MR) is 125 cm³/mol. The normalized spacial score (nSPS) is 13.8. The monoisotopic (exact) mass is 420 g/mol. The summed E-state index contributed by atoms with van der Waals surface area (Å²) in [6.45, 7) is 7.85. The van der Waals surface area contributed by atoms with Gasteiger partial charge in [0, 0.05) is 18.8 Å². The Hall–Kier alpha value is -3.08. The number of rotatable bonds is 11. The van der Waals surface area contributed by atoms with Crippen LogP contribution in [0.2, 0.25) is 0 Å². The van der Waals surface area contributed by atoms with E-state index in [0.29, 0.717) is 31.0 Å². The van der Waals surface area contributed by atoms with Crippen LogP contribution < -0.4 is 9.64 Å². The van der Waals surface area contributed by atoms with E-state index in [-0.39, 0.29) is 11.8 Å². The summed E-state index contributed by atoms with van der Waals surface area (Å²) in [5.41, 5.74) is 2.56. The highest BCUT2D eigenvalue weighted by Crippen LogP contribution is 2.35. The zero-order valence-electron chi connectivity index (χ0n) is 18.8. The number of unbranched alkanes of at least 4 members (excludes halogenated alkanes) is 2. The lowest BCUT2D eigenvalue weighted by molar-refractivity contribution is -0.137. The van der Waals surface area contributed by atoms with Crippen molar-refractivity contribution in [2.24, 2.45) is 0 Å². The molecule has 1 heterocycles. The molecule has 0 atom stereocenters. The van der Waals surface area contributed by atoms with E-state index < -0.39 is 0 Å². The van der Waals surface area contributed by atoms with E-state index in [0.717, 1.165) is 42.7 Å². The molecule has 5 nitrogen and oxygen atoms in total. The van der Waals surface area contributed by atoms with Gasteiger partial charge in [-0.25, -0.2) is 0 Å². The zero-order chi connectivity index (χ0) is 22.2. The fourth-order valence-electron chi connectivity index (χ4n) is 3.81. The molecule has 0 N–H and O–H groups in total.